The molecule has 0 unspecified atom stereocenters. The van der Waals surface area contributed by atoms with Crippen LogP contribution < -0.4 is 0 Å². The molecule has 8 heteroatoms. The molecule has 1 heterocycles. The van der Waals surface area contributed by atoms with Crippen molar-refractivity contribution in [1.82, 2.24) is 15.0 Å². The fraction of sp³-hybridized carbons (Fsp3) is 0.200. The minimum atomic E-state index is -0.510. The van der Waals surface area contributed by atoms with Crippen molar-refractivity contribution in [3.8, 4) is 5.69 Å². The summed E-state index contributed by atoms with van der Waals surface area (Å²) < 4.78 is 1.29. The maximum atomic E-state index is 10.9. The molecule has 6 nitrogen and oxygen atoms in total. The number of halogens is 2. The van der Waals surface area contributed by atoms with E-state index in [2.05, 4.69) is 10.3 Å². The molecular formula is C10H8Cl2N4O2. The highest BCUT2D eigenvalue weighted by Crippen LogP contribution is 2.29. The number of nitrogens with zero attached hydrogens (tertiary/aromatic N) is 4. The summed E-state index contributed by atoms with van der Waals surface area (Å²) >= 11 is 11.6. The second kappa shape index (κ2) is 5.32. The molecule has 0 amide bonds. The molecule has 0 radical (unpaired) electrons. The summed E-state index contributed by atoms with van der Waals surface area (Å²) in [5.74, 6) is 0.406. The van der Waals surface area contributed by atoms with Crippen molar-refractivity contribution < 1.29 is 4.92 Å². The maximum absolute atomic E-state index is 10.9. The van der Waals surface area contributed by atoms with Crippen molar-refractivity contribution in [2.24, 2.45) is 0 Å². The van der Waals surface area contributed by atoms with Crippen LogP contribution in [-0.4, -0.2) is 25.8 Å². The van der Waals surface area contributed by atoms with E-state index >= 15 is 0 Å². The third kappa shape index (κ3) is 2.44. The Bertz CT molecular complexity index is 585. The van der Waals surface area contributed by atoms with Gasteiger partial charge in [0.1, 0.15) is 0 Å². The highest BCUT2D eigenvalue weighted by atomic mass is 35.5. The van der Waals surface area contributed by atoms with Crippen LogP contribution >= 0.6 is 23.2 Å². The molecule has 0 saturated heterocycles. The number of benzene rings is 1. The molecule has 0 aliphatic heterocycles. The average molecular weight is 287 g/mol. The first-order valence-electron chi connectivity index (χ1n) is 5.04. The molecule has 0 N–H and O–H groups in total. The fourth-order valence-electron chi connectivity index (χ4n) is 1.50. The molecule has 94 valence electrons. The number of nitro groups is 1. The van der Waals surface area contributed by atoms with Crippen LogP contribution in [0.3, 0.4) is 0 Å². The van der Waals surface area contributed by atoms with Gasteiger partial charge in [-0.05, 0) is 6.07 Å². The van der Waals surface area contributed by atoms with E-state index in [0.717, 1.165) is 0 Å². The molecule has 2 rings (SSSR count). The number of hydrogen-bond donors (Lipinski definition) is 0. The number of alkyl halides is 1. The smallest absolute Gasteiger partial charge is 0.258 e. The predicted octanol–water partition coefficient (Wildman–Crippen LogP) is 2.61. The van der Waals surface area contributed by atoms with Gasteiger partial charge in [-0.1, -0.05) is 22.9 Å². The van der Waals surface area contributed by atoms with E-state index in [9.17, 15) is 10.1 Å². The summed E-state index contributed by atoms with van der Waals surface area (Å²) in [6.07, 6.45) is 2.12. The lowest BCUT2D eigenvalue weighted by Crippen LogP contribution is -2.01. The second-order valence-electron chi connectivity index (χ2n) is 3.46. The van der Waals surface area contributed by atoms with Gasteiger partial charge < -0.3 is 0 Å². The molecule has 1 aromatic heterocycles. The highest BCUT2D eigenvalue weighted by molar-refractivity contribution is 6.32. The third-order valence-electron chi connectivity index (χ3n) is 2.28. The summed E-state index contributed by atoms with van der Waals surface area (Å²) in [6, 6.07) is 4.44. The van der Waals surface area contributed by atoms with Gasteiger partial charge in [-0.15, -0.1) is 16.7 Å². The fourth-order valence-corrected chi connectivity index (χ4v) is 1.95. The molecule has 0 saturated carbocycles. The summed E-state index contributed by atoms with van der Waals surface area (Å²) in [6.45, 7) is 0. The topological polar surface area (TPSA) is 73.8 Å². The molecule has 0 bridgehead atoms. The summed E-state index contributed by atoms with van der Waals surface area (Å²) in [5.41, 5.74) is 0.738. The van der Waals surface area contributed by atoms with Crippen LogP contribution in [0.5, 0.6) is 0 Å². The molecule has 2 aromatic rings. The summed E-state index contributed by atoms with van der Waals surface area (Å²) in [4.78, 5) is 10.4. The molecule has 18 heavy (non-hydrogen) atoms. The zero-order valence-corrected chi connectivity index (χ0v) is 10.6. The number of aromatic nitrogens is 3. The molecule has 0 spiro atoms. The number of rotatable bonds is 4. The van der Waals surface area contributed by atoms with E-state index in [1.807, 2.05) is 0 Å². The number of aryl methyl sites for hydroxylation is 1. The molecule has 0 aliphatic carbocycles. The van der Waals surface area contributed by atoms with Gasteiger partial charge in [0.15, 0.2) is 5.69 Å². The van der Waals surface area contributed by atoms with E-state index < -0.39 is 4.92 Å². The largest absolute Gasteiger partial charge is 0.296 e. The van der Waals surface area contributed by atoms with Crippen molar-refractivity contribution in [1.29, 1.82) is 0 Å². The van der Waals surface area contributed by atoms with Gasteiger partial charge in [0.25, 0.3) is 5.69 Å². The van der Waals surface area contributed by atoms with E-state index in [4.69, 9.17) is 23.2 Å². The first-order chi connectivity index (χ1) is 8.63. The lowest BCUT2D eigenvalue weighted by molar-refractivity contribution is -0.384. The Kier molecular flexibility index (Phi) is 3.78. The van der Waals surface area contributed by atoms with E-state index in [1.54, 1.807) is 12.3 Å². The second-order valence-corrected chi connectivity index (χ2v) is 4.24. The van der Waals surface area contributed by atoms with E-state index in [1.165, 1.54) is 16.8 Å². The molecular weight excluding hydrogens is 279 g/mol. The predicted molar refractivity (Wildman–Crippen MR) is 67.4 cm³/mol. The van der Waals surface area contributed by atoms with Crippen LogP contribution in [0.4, 0.5) is 5.69 Å². The summed E-state index contributed by atoms with van der Waals surface area (Å²) in [5, 5.41) is 18.9. The van der Waals surface area contributed by atoms with Gasteiger partial charge in [-0.3, -0.25) is 10.1 Å². The normalized spacial score (nSPS) is 10.6. The lowest BCUT2D eigenvalue weighted by Gasteiger charge is -2.03. The van der Waals surface area contributed by atoms with Crippen LogP contribution in [-0.2, 0) is 6.42 Å². The third-order valence-corrected chi connectivity index (χ3v) is 2.78. The molecule has 1 aromatic carbocycles. The van der Waals surface area contributed by atoms with Crippen molar-refractivity contribution in [2.45, 2.75) is 6.42 Å². The Balaban J connectivity index is 2.51. The molecule has 0 fully saturated rings. The minimum Gasteiger partial charge on any atom is -0.258 e. The standard InChI is InChI=1S/C10H8Cl2N4O2/c11-5-4-7-6-15(14-13-7)10-8(12)2-1-3-9(10)16(17)18/h1-3,6H,4-5H2. The van der Waals surface area contributed by atoms with Crippen molar-refractivity contribution in [3.63, 3.8) is 0 Å². The quantitative estimate of drug-likeness (QED) is 0.492. The Hall–Kier alpha value is -1.66. The first kappa shape index (κ1) is 12.8. The van der Waals surface area contributed by atoms with Crippen LogP contribution in [0.1, 0.15) is 5.69 Å². The van der Waals surface area contributed by atoms with Crippen LogP contribution in [0.15, 0.2) is 24.4 Å². The average Bonchev–Trinajstić information content (AvgIpc) is 2.77. The number of para-hydroxylation sites is 1. The zero-order chi connectivity index (χ0) is 13.1. The van der Waals surface area contributed by atoms with Gasteiger partial charge in [-0.25, -0.2) is 4.68 Å². The van der Waals surface area contributed by atoms with Crippen LogP contribution in [0.25, 0.3) is 5.69 Å². The van der Waals surface area contributed by atoms with E-state index in [0.29, 0.717) is 18.0 Å². The lowest BCUT2D eigenvalue weighted by atomic mass is 10.2. The Morgan fingerprint density at radius 2 is 2.22 bits per heavy atom. The van der Waals surface area contributed by atoms with Gasteiger partial charge in [0.2, 0.25) is 0 Å². The Morgan fingerprint density at radius 3 is 2.89 bits per heavy atom. The number of hydrogen-bond acceptors (Lipinski definition) is 4. The minimum absolute atomic E-state index is 0.121. The Labute approximate surface area is 112 Å². The maximum Gasteiger partial charge on any atom is 0.296 e. The molecule has 0 aliphatic rings. The van der Waals surface area contributed by atoms with Gasteiger partial charge in [-0.2, -0.15) is 0 Å². The monoisotopic (exact) mass is 286 g/mol. The van der Waals surface area contributed by atoms with Crippen molar-refractivity contribution >= 4 is 28.9 Å². The van der Waals surface area contributed by atoms with Crippen molar-refractivity contribution in [3.05, 3.63) is 45.2 Å². The van der Waals surface area contributed by atoms with Crippen LogP contribution in [0.2, 0.25) is 5.02 Å². The van der Waals surface area contributed by atoms with Gasteiger partial charge in [0, 0.05) is 18.4 Å². The first-order valence-corrected chi connectivity index (χ1v) is 5.95. The highest BCUT2D eigenvalue weighted by Gasteiger charge is 2.19. The van der Waals surface area contributed by atoms with Gasteiger partial charge >= 0.3 is 0 Å². The number of nitro benzene ring substituents is 1. The van der Waals surface area contributed by atoms with Crippen LogP contribution in [0, 0.1) is 10.1 Å². The molecule has 0 atom stereocenters. The Morgan fingerprint density at radius 1 is 1.44 bits per heavy atom. The van der Waals surface area contributed by atoms with Crippen molar-refractivity contribution in [2.75, 3.05) is 5.88 Å². The zero-order valence-electron chi connectivity index (χ0n) is 9.08. The van der Waals surface area contributed by atoms with E-state index in [-0.39, 0.29) is 16.4 Å². The SMILES string of the molecule is O=[N+]([O-])c1cccc(Cl)c1-n1cc(CCCl)nn1. The van der Waals surface area contributed by atoms with Gasteiger partial charge in [0.05, 0.1) is 21.8 Å². The summed E-state index contributed by atoms with van der Waals surface area (Å²) in [7, 11) is 0.